The number of likely N-dealkylation sites (N-methyl/N-ethyl adjacent to an activating group) is 1. The lowest BCUT2D eigenvalue weighted by molar-refractivity contribution is -0.153. The molecule has 0 saturated carbocycles. The molecule has 41 heavy (non-hydrogen) atoms. The molecule has 0 radical (unpaired) electrons. The van der Waals surface area contributed by atoms with Gasteiger partial charge in [-0.05, 0) is 38.4 Å². The molecular weight excluding hydrogens is 547 g/mol. The molecule has 2 aliphatic rings. The number of aliphatic hydroxyl groups excluding tert-OH is 1. The van der Waals surface area contributed by atoms with Crippen molar-refractivity contribution in [3.05, 3.63) is 54.2 Å². The first-order valence-electron chi connectivity index (χ1n) is 13.6. The van der Waals surface area contributed by atoms with Gasteiger partial charge < -0.3 is 25.0 Å². The van der Waals surface area contributed by atoms with E-state index in [2.05, 4.69) is 15.6 Å². The van der Waals surface area contributed by atoms with Gasteiger partial charge >= 0.3 is 19.1 Å². The molecule has 1 aromatic carbocycles. The number of carbonyl (C=O) groups is 4. The summed E-state index contributed by atoms with van der Waals surface area (Å²) in [5, 5.41) is 15.8. The van der Waals surface area contributed by atoms with Crippen LogP contribution >= 0.6 is 11.8 Å². The molecule has 3 N–H and O–H groups in total. The molecule has 2 saturated heterocycles. The molecule has 4 rings (SSSR count). The minimum atomic E-state index is -1.36. The van der Waals surface area contributed by atoms with Crippen LogP contribution in [0, 0.1) is 5.92 Å². The zero-order valence-corrected chi connectivity index (χ0v) is 24.3. The predicted molar refractivity (Wildman–Crippen MR) is 155 cm³/mol. The van der Waals surface area contributed by atoms with E-state index in [0.29, 0.717) is 23.6 Å². The molecule has 2 fully saturated rings. The second kappa shape index (κ2) is 13.5. The SMILES string of the molecule is CC(C)C[C@H](NC(=O)C(NC(=O)c1cccc(-c2ccccc2)n1)[C@@H](C)O)B1OC(=O)[C@H]2CSC[C@H](C(=O)O1)N2C. The molecule has 2 bridgehead atoms. The summed E-state index contributed by atoms with van der Waals surface area (Å²) in [6, 6.07) is 11.7. The number of benzene rings is 1. The highest BCUT2D eigenvalue weighted by Crippen LogP contribution is 2.26. The molecule has 11 nitrogen and oxygen atoms in total. The number of pyridine rings is 1. The van der Waals surface area contributed by atoms with E-state index in [-0.39, 0.29) is 11.6 Å². The Kier molecular flexibility index (Phi) is 10.1. The maximum atomic E-state index is 13.4. The second-order valence-electron chi connectivity index (χ2n) is 10.7. The van der Waals surface area contributed by atoms with E-state index in [0.717, 1.165) is 5.56 Å². The summed E-state index contributed by atoms with van der Waals surface area (Å²) >= 11 is 1.48. The van der Waals surface area contributed by atoms with Gasteiger partial charge in [0, 0.05) is 17.1 Å². The lowest BCUT2D eigenvalue weighted by Crippen LogP contribution is -2.63. The number of carbonyl (C=O) groups excluding carboxylic acids is 4. The molecule has 2 aliphatic heterocycles. The number of aromatic nitrogens is 1. The van der Waals surface area contributed by atoms with Crippen molar-refractivity contribution in [2.45, 2.75) is 57.4 Å². The van der Waals surface area contributed by atoms with Crippen LogP contribution < -0.4 is 10.6 Å². The first-order valence-corrected chi connectivity index (χ1v) is 14.7. The molecule has 0 spiro atoms. The highest BCUT2D eigenvalue weighted by molar-refractivity contribution is 7.99. The van der Waals surface area contributed by atoms with Crippen molar-refractivity contribution in [1.29, 1.82) is 0 Å². The van der Waals surface area contributed by atoms with E-state index in [4.69, 9.17) is 9.31 Å². The Labute approximate surface area is 243 Å². The summed E-state index contributed by atoms with van der Waals surface area (Å²) < 4.78 is 11.2. The number of thioether (sulfide) groups is 1. The van der Waals surface area contributed by atoms with E-state index in [1.54, 1.807) is 24.1 Å². The van der Waals surface area contributed by atoms with Crippen molar-refractivity contribution in [3.63, 3.8) is 0 Å². The van der Waals surface area contributed by atoms with Gasteiger partial charge in [0.1, 0.15) is 23.8 Å². The monoisotopic (exact) mass is 582 g/mol. The smallest absolute Gasteiger partial charge is 0.497 e. The van der Waals surface area contributed by atoms with Gasteiger partial charge in [0.15, 0.2) is 0 Å². The maximum absolute atomic E-state index is 13.4. The zero-order chi connectivity index (χ0) is 29.7. The van der Waals surface area contributed by atoms with Gasteiger partial charge in [-0.25, -0.2) is 4.98 Å². The number of fused-ring (bicyclic) bond motifs is 2. The summed E-state index contributed by atoms with van der Waals surface area (Å²) in [5.74, 6) is -2.41. The lowest BCUT2D eigenvalue weighted by atomic mass is 9.73. The predicted octanol–water partition coefficient (Wildman–Crippen LogP) is 1.30. The quantitative estimate of drug-likeness (QED) is 0.370. The first kappa shape index (κ1) is 30.5. The number of hydrogen-bond acceptors (Lipinski definition) is 10. The Morgan fingerprint density at radius 2 is 1.66 bits per heavy atom. The molecule has 218 valence electrons. The Hall–Kier alpha value is -3.42. The van der Waals surface area contributed by atoms with Crippen molar-refractivity contribution in [2.24, 2.45) is 5.92 Å². The second-order valence-corrected chi connectivity index (χ2v) is 11.8. The average Bonchev–Trinajstić information content (AvgIpc) is 2.94. The van der Waals surface area contributed by atoms with Gasteiger partial charge in [-0.2, -0.15) is 11.8 Å². The Morgan fingerprint density at radius 3 is 2.24 bits per heavy atom. The van der Waals surface area contributed by atoms with Gasteiger partial charge in [-0.15, -0.1) is 0 Å². The van der Waals surface area contributed by atoms with Crippen molar-refractivity contribution < 1.29 is 33.6 Å². The first-order chi connectivity index (χ1) is 19.5. The highest BCUT2D eigenvalue weighted by Gasteiger charge is 2.48. The molecule has 3 heterocycles. The molecule has 2 amide bonds. The van der Waals surface area contributed by atoms with E-state index in [1.165, 1.54) is 24.8 Å². The van der Waals surface area contributed by atoms with Crippen LogP contribution in [0.1, 0.15) is 37.7 Å². The highest BCUT2D eigenvalue weighted by atomic mass is 32.2. The van der Waals surface area contributed by atoms with Crippen LogP contribution in [0.4, 0.5) is 0 Å². The van der Waals surface area contributed by atoms with Gasteiger partial charge in [-0.3, -0.25) is 24.1 Å². The van der Waals surface area contributed by atoms with Crippen LogP contribution in [-0.4, -0.2) is 94.6 Å². The third kappa shape index (κ3) is 7.46. The largest absolute Gasteiger partial charge is 0.622 e. The zero-order valence-electron chi connectivity index (χ0n) is 23.5. The number of hydrogen-bond donors (Lipinski definition) is 3. The third-order valence-electron chi connectivity index (χ3n) is 7.03. The van der Waals surface area contributed by atoms with Crippen LogP contribution in [0.3, 0.4) is 0 Å². The number of nitrogens with zero attached hydrogens (tertiary/aromatic N) is 2. The normalized spacial score (nSPS) is 21.6. The fourth-order valence-corrected chi connectivity index (χ4v) is 6.08. The molecule has 13 heteroatoms. The van der Waals surface area contributed by atoms with E-state index >= 15 is 0 Å². The van der Waals surface area contributed by atoms with Crippen molar-refractivity contribution >= 4 is 42.6 Å². The topological polar surface area (TPSA) is 147 Å². The lowest BCUT2D eigenvalue weighted by Gasteiger charge is -2.40. The minimum Gasteiger partial charge on any atom is -0.497 e. The van der Waals surface area contributed by atoms with Crippen LogP contribution in [0.5, 0.6) is 0 Å². The van der Waals surface area contributed by atoms with Crippen LogP contribution in [0.25, 0.3) is 11.3 Å². The molecule has 5 atom stereocenters. The number of aliphatic hydroxyl groups is 1. The van der Waals surface area contributed by atoms with E-state index in [9.17, 15) is 24.3 Å². The number of amides is 2. The van der Waals surface area contributed by atoms with Gasteiger partial charge in [0.05, 0.1) is 17.7 Å². The summed E-state index contributed by atoms with van der Waals surface area (Å²) in [4.78, 5) is 58.6. The molecule has 1 unspecified atom stereocenters. The van der Waals surface area contributed by atoms with E-state index < -0.39 is 61.0 Å². The fourth-order valence-electron chi connectivity index (χ4n) is 4.76. The number of nitrogens with one attached hydrogen (secondary N) is 2. The summed E-state index contributed by atoms with van der Waals surface area (Å²) in [6.45, 7) is 5.19. The van der Waals surface area contributed by atoms with Gasteiger partial charge in [-0.1, -0.05) is 50.2 Å². The molecule has 0 aliphatic carbocycles. The Balaban J connectivity index is 1.51. The van der Waals surface area contributed by atoms with Crippen molar-refractivity contribution in [3.8, 4) is 11.3 Å². The van der Waals surface area contributed by atoms with Crippen LogP contribution in [-0.2, 0) is 23.7 Å². The summed E-state index contributed by atoms with van der Waals surface area (Å²) in [6.07, 6.45) is -0.971. The average molecular weight is 582 g/mol. The van der Waals surface area contributed by atoms with Gasteiger partial charge in [0.2, 0.25) is 5.91 Å². The molecule has 1 aromatic heterocycles. The summed E-state index contributed by atoms with van der Waals surface area (Å²) in [7, 11) is 0.323. The molecule has 2 aromatic rings. The Bertz CT molecular complexity index is 1240. The maximum Gasteiger partial charge on any atom is 0.622 e. The standard InChI is InChI=1S/C28H35BN4O7S/c1-16(2)13-23(29-39-27(37)21-14-41-15-22(33(21)4)28(38)40-29)31-26(36)24(17(3)34)32-25(35)20-12-8-11-19(30-20)18-9-6-5-7-10-18/h5-12,16-17,21-24,34H,13-15H2,1-4H3,(H,31,36)(H,32,35)/t17-,21-,22-,23+,24?/m1/s1. The van der Waals surface area contributed by atoms with Crippen LogP contribution in [0.2, 0.25) is 0 Å². The van der Waals surface area contributed by atoms with Gasteiger partial charge in [0.25, 0.3) is 5.91 Å². The van der Waals surface area contributed by atoms with E-state index in [1.807, 2.05) is 44.2 Å². The van der Waals surface area contributed by atoms with Crippen LogP contribution in [0.15, 0.2) is 48.5 Å². The van der Waals surface area contributed by atoms with Crippen molar-refractivity contribution in [2.75, 3.05) is 18.6 Å². The third-order valence-corrected chi connectivity index (χ3v) is 8.13. The molecular formula is C28H35BN4O7S. The summed E-state index contributed by atoms with van der Waals surface area (Å²) in [5.41, 5.74) is 1.47. The minimum absolute atomic E-state index is 0.0189. The van der Waals surface area contributed by atoms with Crippen molar-refractivity contribution in [1.82, 2.24) is 20.5 Å². The fraction of sp³-hybridized carbons (Fsp3) is 0.464. The number of rotatable bonds is 9. The Morgan fingerprint density at radius 1 is 1.02 bits per heavy atom.